The molecule has 1 aromatic carbocycles. The summed E-state index contributed by atoms with van der Waals surface area (Å²) in [6.07, 6.45) is 3.56. The van der Waals surface area contributed by atoms with Crippen molar-refractivity contribution in [3.8, 4) is 0 Å². The Kier molecular flexibility index (Phi) is 3.86. The number of aryl methyl sites for hydroxylation is 1. The van der Waals surface area contributed by atoms with Gasteiger partial charge in [-0.2, -0.15) is 0 Å². The second-order valence-corrected chi connectivity index (χ2v) is 6.43. The van der Waals surface area contributed by atoms with Crippen LogP contribution in [0.5, 0.6) is 0 Å². The molecule has 2 rings (SSSR count). The lowest BCUT2D eigenvalue weighted by atomic mass is 10.2. The third kappa shape index (κ3) is 2.93. The minimum absolute atomic E-state index is 0.107. The van der Waals surface area contributed by atoms with Gasteiger partial charge in [-0.25, -0.2) is 13.1 Å². The Morgan fingerprint density at radius 3 is 2.53 bits per heavy atom. The average molecular weight is 284 g/mol. The first kappa shape index (κ1) is 14.0. The van der Waals surface area contributed by atoms with E-state index in [1.165, 1.54) is 12.1 Å². The highest BCUT2D eigenvalue weighted by Crippen LogP contribution is 2.28. The fourth-order valence-corrected chi connectivity index (χ4v) is 4.15. The van der Waals surface area contributed by atoms with Crippen LogP contribution in [0.2, 0.25) is 0 Å². The molecular weight excluding hydrogens is 268 g/mol. The van der Waals surface area contributed by atoms with Crippen LogP contribution < -0.4 is 4.72 Å². The molecule has 0 saturated heterocycles. The lowest BCUT2D eigenvalue weighted by molar-refractivity contribution is -0.387. The molecule has 0 bridgehead atoms. The first-order valence-corrected chi connectivity index (χ1v) is 7.66. The molecule has 1 saturated carbocycles. The standard InChI is InChI=1S/C12H16N2O4S/c1-9-5-4-8-11(14(15)16)12(9)19(17,18)13-10-6-2-3-7-10/h4-5,8,10,13H,2-3,6-7H2,1H3. The number of hydrogen-bond acceptors (Lipinski definition) is 4. The van der Waals surface area contributed by atoms with Crippen molar-refractivity contribution in [2.24, 2.45) is 0 Å². The molecule has 0 radical (unpaired) electrons. The van der Waals surface area contributed by atoms with Crippen LogP contribution >= 0.6 is 0 Å². The van der Waals surface area contributed by atoms with Crippen LogP contribution in [0.3, 0.4) is 0 Å². The lowest BCUT2D eigenvalue weighted by Gasteiger charge is -2.14. The molecule has 19 heavy (non-hydrogen) atoms. The van der Waals surface area contributed by atoms with Gasteiger partial charge in [-0.15, -0.1) is 0 Å². The SMILES string of the molecule is Cc1cccc([N+](=O)[O-])c1S(=O)(=O)NC1CCCC1. The molecule has 0 atom stereocenters. The molecule has 1 N–H and O–H groups in total. The van der Waals surface area contributed by atoms with Crippen LogP contribution in [0.1, 0.15) is 31.2 Å². The zero-order valence-corrected chi connectivity index (χ0v) is 11.4. The van der Waals surface area contributed by atoms with E-state index in [0.29, 0.717) is 5.56 Å². The molecule has 1 aliphatic carbocycles. The zero-order valence-electron chi connectivity index (χ0n) is 10.6. The van der Waals surface area contributed by atoms with Crippen molar-refractivity contribution in [3.05, 3.63) is 33.9 Å². The second kappa shape index (κ2) is 5.26. The highest BCUT2D eigenvalue weighted by molar-refractivity contribution is 7.89. The Balaban J connectivity index is 2.41. The molecule has 0 aliphatic heterocycles. The van der Waals surface area contributed by atoms with E-state index in [1.54, 1.807) is 13.0 Å². The van der Waals surface area contributed by atoms with Crippen molar-refractivity contribution < 1.29 is 13.3 Å². The van der Waals surface area contributed by atoms with Crippen molar-refractivity contribution in [3.63, 3.8) is 0 Å². The monoisotopic (exact) mass is 284 g/mol. The predicted octanol–water partition coefficient (Wildman–Crippen LogP) is 2.12. The van der Waals surface area contributed by atoms with Gasteiger partial charge >= 0.3 is 0 Å². The van der Waals surface area contributed by atoms with Gasteiger partial charge in [0.05, 0.1) is 4.92 Å². The molecule has 1 fully saturated rings. The van der Waals surface area contributed by atoms with Crippen molar-refractivity contribution >= 4 is 15.7 Å². The Bertz CT molecular complexity index is 592. The number of hydrogen-bond donors (Lipinski definition) is 1. The second-order valence-electron chi connectivity index (χ2n) is 4.78. The van der Waals surface area contributed by atoms with Crippen LogP contribution in [0.25, 0.3) is 0 Å². The zero-order chi connectivity index (χ0) is 14.0. The summed E-state index contributed by atoms with van der Waals surface area (Å²) in [7, 11) is -3.84. The highest BCUT2D eigenvalue weighted by Gasteiger charge is 2.30. The fourth-order valence-electron chi connectivity index (χ4n) is 2.45. The summed E-state index contributed by atoms with van der Waals surface area (Å²) in [5.41, 5.74) is 0.0187. The number of sulfonamides is 1. The first-order valence-electron chi connectivity index (χ1n) is 6.18. The molecule has 1 aromatic rings. The Labute approximate surface area is 112 Å². The summed E-state index contributed by atoms with van der Waals surface area (Å²) in [4.78, 5) is 10.1. The number of nitrogens with zero attached hydrogens (tertiary/aromatic N) is 1. The molecule has 1 aliphatic rings. The summed E-state index contributed by atoms with van der Waals surface area (Å²) in [6.45, 7) is 1.57. The lowest BCUT2D eigenvalue weighted by Crippen LogP contribution is -2.33. The number of nitro benzene ring substituents is 1. The van der Waals surface area contributed by atoms with E-state index in [2.05, 4.69) is 4.72 Å². The summed E-state index contributed by atoms with van der Waals surface area (Å²) < 4.78 is 27.2. The Morgan fingerprint density at radius 1 is 1.32 bits per heavy atom. The van der Waals surface area contributed by atoms with Crippen molar-refractivity contribution in [2.75, 3.05) is 0 Å². The van der Waals surface area contributed by atoms with E-state index in [0.717, 1.165) is 25.7 Å². The molecule has 7 heteroatoms. The molecule has 0 spiro atoms. The van der Waals surface area contributed by atoms with Crippen LogP contribution in [0.15, 0.2) is 23.1 Å². The third-order valence-corrected chi connectivity index (χ3v) is 5.05. The van der Waals surface area contributed by atoms with E-state index >= 15 is 0 Å². The first-order chi connectivity index (χ1) is 8.92. The van der Waals surface area contributed by atoms with Gasteiger partial charge in [0, 0.05) is 12.1 Å². The normalized spacial score (nSPS) is 16.7. The van der Waals surface area contributed by atoms with Gasteiger partial charge in [0.1, 0.15) is 0 Å². The number of benzene rings is 1. The van der Waals surface area contributed by atoms with Gasteiger partial charge < -0.3 is 0 Å². The maximum atomic E-state index is 12.3. The van der Waals surface area contributed by atoms with Crippen LogP contribution in [-0.2, 0) is 10.0 Å². The molecule has 0 amide bonds. The van der Waals surface area contributed by atoms with Gasteiger partial charge in [-0.3, -0.25) is 10.1 Å². The molecule has 104 valence electrons. The number of nitrogens with one attached hydrogen (secondary N) is 1. The smallest absolute Gasteiger partial charge is 0.258 e. The number of rotatable bonds is 4. The molecule has 6 nitrogen and oxygen atoms in total. The molecule has 0 aromatic heterocycles. The van der Waals surface area contributed by atoms with Gasteiger partial charge in [-0.05, 0) is 25.3 Å². The highest BCUT2D eigenvalue weighted by atomic mass is 32.2. The van der Waals surface area contributed by atoms with Gasteiger partial charge in [0.2, 0.25) is 10.0 Å². The predicted molar refractivity (Wildman–Crippen MR) is 70.4 cm³/mol. The minimum atomic E-state index is -3.84. The molecule has 0 unspecified atom stereocenters. The van der Waals surface area contributed by atoms with Crippen molar-refractivity contribution in [1.82, 2.24) is 4.72 Å². The quantitative estimate of drug-likeness (QED) is 0.677. The minimum Gasteiger partial charge on any atom is -0.258 e. The average Bonchev–Trinajstić information content (AvgIpc) is 2.80. The van der Waals surface area contributed by atoms with Crippen LogP contribution in [-0.4, -0.2) is 19.4 Å². The summed E-state index contributed by atoms with van der Waals surface area (Å²) in [5.74, 6) is 0. The van der Waals surface area contributed by atoms with E-state index in [9.17, 15) is 18.5 Å². The number of nitro groups is 1. The topological polar surface area (TPSA) is 89.3 Å². The maximum Gasteiger partial charge on any atom is 0.289 e. The van der Waals surface area contributed by atoms with E-state index in [1.807, 2.05) is 0 Å². The van der Waals surface area contributed by atoms with Crippen LogP contribution in [0, 0.1) is 17.0 Å². The van der Waals surface area contributed by atoms with Gasteiger partial charge in [0.15, 0.2) is 4.90 Å². The summed E-state index contributed by atoms with van der Waals surface area (Å²) in [6, 6.07) is 4.17. The maximum absolute atomic E-state index is 12.3. The molecular formula is C12H16N2O4S. The van der Waals surface area contributed by atoms with E-state index < -0.39 is 14.9 Å². The van der Waals surface area contributed by atoms with Crippen molar-refractivity contribution in [2.45, 2.75) is 43.5 Å². The van der Waals surface area contributed by atoms with Gasteiger partial charge in [0.25, 0.3) is 5.69 Å². The van der Waals surface area contributed by atoms with Crippen molar-refractivity contribution in [1.29, 1.82) is 0 Å². The van der Waals surface area contributed by atoms with E-state index in [4.69, 9.17) is 0 Å². The largest absolute Gasteiger partial charge is 0.289 e. The summed E-state index contributed by atoms with van der Waals surface area (Å²) >= 11 is 0. The molecule has 0 heterocycles. The van der Waals surface area contributed by atoms with E-state index in [-0.39, 0.29) is 16.6 Å². The summed E-state index contributed by atoms with van der Waals surface area (Å²) in [5, 5.41) is 11.0. The Morgan fingerprint density at radius 2 is 1.95 bits per heavy atom. The van der Waals surface area contributed by atoms with Gasteiger partial charge in [-0.1, -0.05) is 25.0 Å². The third-order valence-electron chi connectivity index (χ3n) is 3.33. The fraction of sp³-hybridized carbons (Fsp3) is 0.500. The Hall–Kier alpha value is -1.47. The van der Waals surface area contributed by atoms with Crippen LogP contribution in [0.4, 0.5) is 5.69 Å².